The minimum absolute atomic E-state index is 0.496. The van der Waals surface area contributed by atoms with Gasteiger partial charge in [0.15, 0.2) is 0 Å². The topological polar surface area (TPSA) is 43.8 Å². The molecule has 28 heavy (non-hydrogen) atoms. The molecule has 4 aromatic rings. The monoisotopic (exact) mass is 367 g/mol. The van der Waals surface area contributed by atoms with Crippen molar-refractivity contribution in [1.29, 1.82) is 0 Å². The Morgan fingerprint density at radius 1 is 0.714 bits per heavy atom. The Kier molecular flexibility index (Phi) is 5.36. The van der Waals surface area contributed by atoms with Crippen LogP contribution in [0.5, 0.6) is 0 Å². The lowest BCUT2D eigenvalue weighted by Crippen LogP contribution is -2.38. The Morgan fingerprint density at radius 3 is 1.61 bits per heavy atom. The number of hydrogen-bond acceptors (Lipinski definition) is 2. The van der Waals surface area contributed by atoms with Crippen LogP contribution in [0.4, 0.5) is 0 Å². The van der Waals surface area contributed by atoms with Crippen molar-refractivity contribution in [3.63, 3.8) is 0 Å². The second-order valence-corrected chi connectivity index (χ2v) is 6.96. The number of nitrogens with two attached hydrogens (primary N) is 1. The summed E-state index contributed by atoms with van der Waals surface area (Å²) in [7, 11) is 0. The number of hydrogen-bond donors (Lipinski definition) is 1. The van der Waals surface area contributed by atoms with Gasteiger partial charge in [-0.1, -0.05) is 91.0 Å². The summed E-state index contributed by atoms with van der Waals surface area (Å²) in [5.41, 5.74) is 10.1. The van der Waals surface area contributed by atoms with E-state index in [9.17, 15) is 0 Å². The molecule has 0 atom stereocenters. The van der Waals surface area contributed by atoms with Gasteiger partial charge < -0.3 is 10.3 Å². The van der Waals surface area contributed by atoms with E-state index >= 15 is 0 Å². The number of nitrogens with zero attached hydrogens (tertiary/aromatic N) is 2. The highest BCUT2D eigenvalue weighted by atomic mass is 15.1. The largest absolute Gasteiger partial charge is 0.330 e. The fraction of sp³-hybridized carbons (Fsp3) is 0.160. The molecule has 0 unspecified atom stereocenters. The first-order chi connectivity index (χ1) is 13.9. The molecule has 2 N–H and O–H groups in total. The van der Waals surface area contributed by atoms with Gasteiger partial charge in [0, 0.05) is 11.9 Å². The van der Waals surface area contributed by atoms with E-state index in [-0.39, 0.29) is 0 Å². The van der Waals surface area contributed by atoms with Crippen molar-refractivity contribution in [2.75, 3.05) is 6.54 Å². The van der Waals surface area contributed by atoms with E-state index in [0.29, 0.717) is 6.54 Å². The predicted molar refractivity (Wildman–Crippen MR) is 114 cm³/mol. The minimum Gasteiger partial charge on any atom is -0.330 e. The van der Waals surface area contributed by atoms with Gasteiger partial charge in [0.05, 0.1) is 6.33 Å². The van der Waals surface area contributed by atoms with E-state index in [4.69, 9.17) is 5.73 Å². The third-order valence-corrected chi connectivity index (χ3v) is 5.29. The fourth-order valence-electron chi connectivity index (χ4n) is 4.05. The Labute approximate surface area is 166 Å². The standard InChI is InChI=1S/C25H25N3/c26-18-10-17-24-19-27-20-28(24)25(21-11-4-1-5-12-21,22-13-6-2-7-14-22)23-15-8-3-9-16-23/h1-9,11-16,19-20H,10,17-18,26H2. The van der Waals surface area contributed by atoms with Gasteiger partial charge in [0.2, 0.25) is 0 Å². The molecule has 3 nitrogen and oxygen atoms in total. The third kappa shape index (κ3) is 3.14. The summed E-state index contributed by atoms with van der Waals surface area (Å²) in [4.78, 5) is 4.54. The van der Waals surface area contributed by atoms with E-state index in [1.165, 1.54) is 22.4 Å². The Hall–Kier alpha value is -3.17. The van der Waals surface area contributed by atoms with Crippen molar-refractivity contribution in [2.24, 2.45) is 5.73 Å². The highest BCUT2D eigenvalue weighted by Crippen LogP contribution is 2.41. The summed E-state index contributed by atoms with van der Waals surface area (Å²) in [6.45, 7) is 0.667. The first kappa shape index (κ1) is 18.2. The average molecular weight is 367 g/mol. The first-order valence-corrected chi connectivity index (χ1v) is 9.75. The highest BCUT2D eigenvalue weighted by molar-refractivity contribution is 5.51. The van der Waals surface area contributed by atoms with Gasteiger partial charge in [-0.2, -0.15) is 0 Å². The number of imidazole rings is 1. The van der Waals surface area contributed by atoms with Crippen molar-refractivity contribution in [1.82, 2.24) is 9.55 Å². The molecule has 0 fully saturated rings. The maximum atomic E-state index is 5.81. The molecule has 140 valence electrons. The van der Waals surface area contributed by atoms with Gasteiger partial charge >= 0.3 is 0 Å². The van der Waals surface area contributed by atoms with E-state index in [1.54, 1.807) is 0 Å². The molecule has 0 bridgehead atoms. The normalized spacial score (nSPS) is 11.5. The van der Waals surface area contributed by atoms with Crippen LogP contribution in [0.25, 0.3) is 0 Å². The summed E-state index contributed by atoms with van der Waals surface area (Å²) in [6, 6.07) is 32.0. The summed E-state index contributed by atoms with van der Waals surface area (Å²) in [5, 5.41) is 0. The molecule has 0 saturated heterocycles. The van der Waals surface area contributed by atoms with Crippen molar-refractivity contribution in [2.45, 2.75) is 18.4 Å². The molecule has 4 rings (SSSR count). The first-order valence-electron chi connectivity index (χ1n) is 9.75. The Morgan fingerprint density at radius 2 is 1.18 bits per heavy atom. The molecule has 0 aliphatic rings. The molecule has 0 radical (unpaired) electrons. The van der Waals surface area contributed by atoms with Gasteiger partial charge in [0.1, 0.15) is 5.54 Å². The van der Waals surface area contributed by atoms with Crippen LogP contribution in [-0.2, 0) is 12.0 Å². The van der Waals surface area contributed by atoms with Crippen LogP contribution in [0.3, 0.4) is 0 Å². The lowest BCUT2D eigenvalue weighted by molar-refractivity contribution is 0.493. The number of aromatic nitrogens is 2. The summed E-state index contributed by atoms with van der Waals surface area (Å²) >= 11 is 0. The summed E-state index contributed by atoms with van der Waals surface area (Å²) in [6.07, 6.45) is 5.75. The number of rotatable bonds is 7. The molecule has 3 heteroatoms. The smallest absolute Gasteiger partial charge is 0.121 e. The van der Waals surface area contributed by atoms with Crippen LogP contribution in [-0.4, -0.2) is 16.1 Å². The highest BCUT2D eigenvalue weighted by Gasteiger charge is 2.39. The van der Waals surface area contributed by atoms with E-state index in [1.807, 2.05) is 12.5 Å². The van der Waals surface area contributed by atoms with Crippen LogP contribution < -0.4 is 5.73 Å². The van der Waals surface area contributed by atoms with Crippen molar-refractivity contribution in [3.8, 4) is 0 Å². The fourth-order valence-corrected chi connectivity index (χ4v) is 4.05. The molecule has 3 aromatic carbocycles. The van der Waals surface area contributed by atoms with Gasteiger partial charge in [-0.05, 0) is 36.1 Å². The summed E-state index contributed by atoms with van der Waals surface area (Å²) < 4.78 is 2.32. The van der Waals surface area contributed by atoms with Crippen molar-refractivity contribution in [3.05, 3.63) is 126 Å². The Balaban J connectivity index is 2.07. The van der Waals surface area contributed by atoms with Crippen LogP contribution in [0, 0.1) is 0 Å². The molecule has 0 aliphatic carbocycles. The lowest BCUT2D eigenvalue weighted by Gasteiger charge is -2.38. The SMILES string of the molecule is NCCCc1cncn1C(c1ccccc1)(c1ccccc1)c1ccccc1. The number of aryl methyl sites for hydroxylation is 1. The molecular weight excluding hydrogens is 342 g/mol. The zero-order valence-corrected chi connectivity index (χ0v) is 15.9. The zero-order chi connectivity index (χ0) is 19.2. The molecule has 1 heterocycles. The van der Waals surface area contributed by atoms with E-state index in [2.05, 4.69) is 101 Å². The predicted octanol–water partition coefficient (Wildman–Crippen LogP) is 4.61. The second-order valence-electron chi connectivity index (χ2n) is 6.96. The van der Waals surface area contributed by atoms with Crippen molar-refractivity contribution < 1.29 is 0 Å². The quantitative estimate of drug-likeness (QED) is 0.485. The lowest BCUT2D eigenvalue weighted by atomic mass is 9.76. The Bertz CT molecular complexity index is 895. The summed E-state index contributed by atoms with van der Waals surface area (Å²) in [5.74, 6) is 0. The van der Waals surface area contributed by atoms with Crippen LogP contribution in [0.2, 0.25) is 0 Å². The maximum Gasteiger partial charge on any atom is 0.121 e. The second kappa shape index (κ2) is 8.24. The van der Waals surface area contributed by atoms with Gasteiger partial charge in [-0.15, -0.1) is 0 Å². The van der Waals surface area contributed by atoms with E-state index < -0.39 is 5.54 Å². The van der Waals surface area contributed by atoms with E-state index in [0.717, 1.165) is 12.8 Å². The molecule has 0 saturated carbocycles. The average Bonchev–Trinajstić information content (AvgIpc) is 3.24. The number of benzene rings is 3. The van der Waals surface area contributed by atoms with Gasteiger partial charge in [0.25, 0.3) is 0 Å². The van der Waals surface area contributed by atoms with Gasteiger partial charge in [-0.25, -0.2) is 4.98 Å². The minimum atomic E-state index is -0.496. The van der Waals surface area contributed by atoms with Crippen LogP contribution in [0.1, 0.15) is 28.8 Å². The molecular formula is C25H25N3. The zero-order valence-electron chi connectivity index (χ0n) is 15.9. The molecule has 0 amide bonds. The van der Waals surface area contributed by atoms with Crippen LogP contribution in [0.15, 0.2) is 104 Å². The maximum absolute atomic E-state index is 5.81. The molecule has 0 spiro atoms. The molecule has 0 aliphatic heterocycles. The van der Waals surface area contributed by atoms with Crippen molar-refractivity contribution >= 4 is 0 Å². The third-order valence-electron chi connectivity index (χ3n) is 5.29. The molecule has 1 aromatic heterocycles. The van der Waals surface area contributed by atoms with Gasteiger partial charge in [-0.3, -0.25) is 0 Å². The van der Waals surface area contributed by atoms with Crippen LogP contribution >= 0.6 is 0 Å².